The summed E-state index contributed by atoms with van der Waals surface area (Å²) < 4.78 is 0.424. The topological polar surface area (TPSA) is 79.8 Å². The molecule has 1 rings (SSSR count). The molecule has 2 radical (unpaired) electrons. The van der Waals surface area contributed by atoms with Crippen molar-refractivity contribution in [1.82, 2.24) is 4.98 Å². The third-order valence-electron chi connectivity index (χ3n) is 1.05. The van der Waals surface area contributed by atoms with Gasteiger partial charge in [-0.15, -0.1) is 0 Å². The first-order valence-corrected chi connectivity index (χ1v) is 3.42. The van der Waals surface area contributed by atoms with Crippen molar-refractivity contribution in [1.29, 1.82) is 0 Å². The van der Waals surface area contributed by atoms with Crippen LogP contribution < -0.4 is 0 Å². The number of nitrogens with one attached hydrogen (secondary N) is 1. The minimum absolute atomic E-state index is 0. The summed E-state index contributed by atoms with van der Waals surface area (Å²) in [6.45, 7) is 0. The second-order valence-corrected chi connectivity index (χ2v) is 2.59. The van der Waals surface area contributed by atoms with Crippen LogP contribution in [0.25, 0.3) is 5.73 Å². The van der Waals surface area contributed by atoms with E-state index in [1.807, 2.05) is 0 Å². The zero-order chi connectivity index (χ0) is 8.43. The summed E-state index contributed by atoms with van der Waals surface area (Å²) in [5.74, 6) is 0. The number of rotatable bonds is 1. The van der Waals surface area contributed by atoms with Gasteiger partial charge in [0.15, 0.2) is 0 Å². The first kappa shape index (κ1) is 15.8. The quantitative estimate of drug-likeness (QED) is 0.307. The van der Waals surface area contributed by atoms with Gasteiger partial charge in [-0.3, -0.25) is 10.1 Å². The van der Waals surface area contributed by atoms with Crippen molar-refractivity contribution in [3.05, 3.63) is 32.7 Å². The fraction of sp³-hybridized carbons (Fsp3) is 0. The molecule has 1 N–H and O–H groups in total. The Bertz CT molecular complexity index is 312. The molecule has 0 spiro atoms. The molecule has 0 unspecified atom stereocenters. The maximum Gasteiger partial charge on any atom is 0.272 e. The molecule has 1 aromatic heterocycles. The van der Waals surface area contributed by atoms with Gasteiger partial charge in [-0.2, -0.15) is 0 Å². The van der Waals surface area contributed by atoms with Crippen LogP contribution in [-0.2, 0) is 32.7 Å². The van der Waals surface area contributed by atoms with E-state index in [2.05, 4.69) is 20.9 Å². The van der Waals surface area contributed by atoms with E-state index in [4.69, 9.17) is 5.73 Å². The zero-order valence-electron chi connectivity index (χ0n) is 6.20. The minimum Gasteiger partial charge on any atom is -0.693 e. The molecular weight excluding hydrogens is 546 g/mol. The van der Waals surface area contributed by atoms with Crippen LogP contribution in [0.2, 0.25) is 0 Å². The molecule has 5 nitrogen and oxygen atoms in total. The number of nitrogens with zero attached hydrogens (tertiary/aromatic N) is 2. The molecule has 1 heterocycles. The molecule has 0 atom stereocenters. The van der Waals surface area contributed by atoms with Gasteiger partial charge in [0, 0.05) is 47.0 Å². The van der Waals surface area contributed by atoms with Gasteiger partial charge < -0.3 is 5.73 Å². The molecule has 0 saturated carbocycles. The van der Waals surface area contributed by atoms with Gasteiger partial charge in [-0.1, -0.05) is 5.69 Å². The molecule has 0 fully saturated rings. The third kappa shape index (κ3) is 4.38. The van der Waals surface area contributed by atoms with Crippen LogP contribution in [0.15, 0.2) is 16.9 Å². The Balaban J connectivity index is 0. The maximum atomic E-state index is 10.2. The Morgan fingerprint density at radius 1 is 1.62 bits per heavy atom. The van der Waals surface area contributed by atoms with Gasteiger partial charge in [-0.25, -0.2) is 4.98 Å². The van der Waals surface area contributed by atoms with Crippen LogP contribution in [0.4, 0.5) is 11.4 Å². The van der Waals surface area contributed by atoms with E-state index in [1.165, 1.54) is 6.07 Å². The Labute approximate surface area is 116 Å². The smallest absolute Gasteiger partial charge is 0.272 e. The Kier molecular flexibility index (Phi) is 8.17. The van der Waals surface area contributed by atoms with E-state index in [9.17, 15) is 10.1 Å². The van der Waals surface area contributed by atoms with Crippen molar-refractivity contribution in [3.63, 3.8) is 0 Å². The monoisotopic (exact) mass is 546 g/mol. The first-order valence-electron chi connectivity index (χ1n) is 2.63. The summed E-state index contributed by atoms with van der Waals surface area (Å²) in [7, 11) is 0. The summed E-state index contributed by atoms with van der Waals surface area (Å²) in [6.07, 6.45) is 1.05. The van der Waals surface area contributed by atoms with Crippen molar-refractivity contribution >= 4 is 27.3 Å². The van der Waals surface area contributed by atoms with E-state index in [0.717, 1.165) is 6.20 Å². The molecular formula is C5H3AmBrN3O2Y-. The molecule has 0 saturated heterocycles. The van der Waals surface area contributed by atoms with E-state index < -0.39 is 4.92 Å². The number of nitro groups is 1. The van der Waals surface area contributed by atoms with E-state index in [1.54, 1.807) is 0 Å². The third-order valence-corrected chi connectivity index (χ3v) is 1.48. The van der Waals surface area contributed by atoms with Crippen molar-refractivity contribution in [2.45, 2.75) is 0 Å². The summed E-state index contributed by atoms with van der Waals surface area (Å²) in [4.78, 5) is 13.1. The van der Waals surface area contributed by atoms with Crippen molar-refractivity contribution in [3.8, 4) is 0 Å². The van der Waals surface area contributed by atoms with Gasteiger partial charge in [0.2, 0.25) is 0 Å². The number of pyridine rings is 1. The molecule has 68 valence electrons. The van der Waals surface area contributed by atoms with Gasteiger partial charge in [0.25, 0.3) is 5.69 Å². The molecule has 1 aromatic rings. The van der Waals surface area contributed by atoms with Crippen LogP contribution in [0.1, 0.15) is 0 Å². The molecule has 0 aliphatic carbocycles. The van der Waals surface area contributed by atoms with Gasteiger partial charge >= 0.3 is 0 Å². The molecule has 13 heavy (non-hydrogen) atoms. The largest absolute Gasteiger partial charge is 0.693 e. The first-order chi connectivity index (χ1) is 5.11. The molecule has 0 bridgehead atoms. The van der Waals surface area contributed by atoms with Gasteiger partial charge in [-0.05, 0) is 22.0 Å². The molecule has 0 aliphatic heterocycles. The van der Waals surface area contributed by atoms with Crippen LogP contribution in [-0.4, -0.2) is 9.91 Å². The van der Waals surface area contributed by atoms with Crippen LogP contribution in [0, 0.1) is 24.4 Å². The van der Waals surface area contributed by atoms with E-state index in [-0.39, 0.29) is 58.4 Å². The second kappa shape index (κ2) is 6.73. The second-order valence-electron chi connectivity index (χ2n) is 1.78. The van der Waals surface area contributed by atoms with E-state index in [0.29, 0.717) is 4.60 Å². The normalized spacial score (nSPS) is 8.08. The predicted octanol–water partition coefficient (Wildman–Crippen LogP) is 2.43. The standard InChI is InChI=1S/C5H3BrN3O2.Am.Y/c6-5-1-3(7)4(2-8-5)9(10)11;;/h1-2H,(H-,7,8);;/q-1;;. The Morgan fingerprint density at radius 3 is 2.54 bits per heavy atom. The fourth-order valence-electron chi connectivity index (χ4n) is 0.568. The average Bonchev–Trinajstić information content (AvgIpc) is 1.85. The van der Waals surface area contributed by atoms with Crippen molar-refractivity contribution in [2.24, 2.45) is 0 Å². The summed E-state index contributed by atoms with van der Waals surface area (Å²) in [5.41, 5.74) is 6.70. The average molecular weight is 549 g/mol. The number of hydrogen-bond donors (Lipinski definition) is 0. The number of halogens is 1. The molecule has 0 aliphatic rings. The summed E-state index contributed by atoms with van der Waals surface area (Å²) in [5, 5.41) is 10.2. The number of aromatic nitrogens is 1. The van der Waals surface area contributed by atoms with Gasteiger partial charge in [0.05, 0.1) is 4.92 Å². The minimum atomic E-state index is -0.637. The van der Waals surface area contributed by atoms with Crippen LogP contribution >= 0.6 is 15.9 Å². The maximum absolute atomic E-state index is 10.2. The van der Waals surface area contributed by atoms with E-state index >= 15 is 0 Å². The number of hydrogen-bond acceptors (Lipinski definition) is 3. The Morgan fingerprint density at radius 2 is 2.15 bits per heavy atom. The molecule has 0 amide bonds. The molecule has 0 aromatic carbocycles. The van der Waals surface area contributed by atoms with Crippen molar-refractivity contribution in [2.75, 3.05) is 0 Å². The van der Waals surface area contributed by atoms with Gasteiger partial charge in [0.1, 0.15) is 10.8 Å². The van der Waals surface area contributed by atoms with Crippen LogP contribution in [0.5, 0.6) is 0 Å². The van der Waals surface area contributed by atoms with Crippen molar-refractivity contribution < 1.29 is 51.9 Å². The zero-order valence-corrected chi connectivity index (χ0v) is 13.8. The predicted molar refractivity (Wildman–Crippen MR) is 42.6 cm³/mol. The fourth-order valence-corrected chi connectivity index (χ4v) is 0.899. The van der Waals surface area contributed by atoms with Crippen LogP contribution in [0.3, 0.4) is 0 Å². The SMILES string of the molecule is [Am].[NH-]c1cc(Br)ncc1[N+](=O)[O-].[Y]. The Hall–Kier alpha value is 0.324. The summed E-state index contributed by atoms with van der Waals surface area (Å²) in [6, 6.07) is 1.28. The molecule has 8 heteroatoms. The summed E-state index contributed by atoms with van der Waals surface area (Å²) >= 11 is 2.99.